The highest BCUT2D eigenvalue weighted by atomic mass is 79.9. The van der Waals surface area contributed by atoms with Crippen LogP contribution in [0, 0.1) is 5.92 Å². The van der Waals surface area contributed by atoms with Gasteiger partial charge in [-0.2, -0.15) is 0 Å². The zero-order chi connectivity index (χ0) is 14.0. The third-order valence-electron chi connectivity index (χ3n) is 4.58. The first-order valence-electron chi connectivity index (χ1n) is 7.46. The Kier molecular flexibility index (Phi) is 4.13. The average molecular weight is 337 g/mol. The molecule has 0 spiro atoms. The van der Waals surface area contributed by atoms with Crippen LogP contribution in [0.15, 0.2) is 28.7 Å². The van der Waals surface area contributed by atoms with E-state index in [-0.39, 0.29) is 11.3 Å². The van der Waals surface area contributed by atoms with E-state index in [1.807, 2.05) is 12.1 Å². The topological polar surface area (TPSA) is 41.1 Å². The first-order valence-corrected chi connectivity index (χ1v) is 8.25. The molecule has 1 atom stereocenters. The van der Waals surface area contributed by atoms with Crippen LogP contribution in [0.1, 0.15) is 31.2 Å². The molecule has 1 aliphatic carbocycles. The van der Waals surface area contributed by atoms with Crippen LogP contribution in [0.5, 0.6) is 0 Å². The van der Waals surface area contributed by atoms with Crippen molar-refractivity contribution in [2.45, 2.75) is 31.1 Å². The van der Waals surface area contributed by atoms with Gasteiger partial charge in [0.2, 0.25) is 5.91 Å². The Morgan fingerprint density at radius 1 is 1.35 bits per heavy atom. The van der Waals surface area contributed by atoms with Gasteiger partial charge in [0.15, 0.2) is 0 Å². The lowest BCUT2D eigenvalue weighted by atomic mass is 9.95. The fourth-order valence-electron chi connectivity index (χ4n) is 3.06. The summed E-state index contributed by atoms with van der Waals surface area (Å²) < 4.78 is 1.06. The SMILES string of the molecule is O=C(NCCC1CCNC1)C1(c2ccc(Br)cc2)CC1. The number of carbonyl (C=O) groups excluding carboxylic acids is 1. The molecule has 2 fully saturated rings. The number of carbonyl (C=O) groups is 1. The standard InChI is InChI=1S/C16H21BrN2O/c17-14-3-1-13(2-4-14)16(7-8-16)15(20)19-10-6-12-5-9-18-11-12/h1-4,12,18H,5-11H2,(H,19,20). The van der Waals surface area contributed by atoms with E-state index in [0.29, 0.717) is 0 Å². The van der Waals surface area contributed by atoms with Gasteiger partial charge in [-0.3, -0.25) is 4.79 Å². The van der Waals surface area contributed by atoms with Crippen molar-refractivity contribution in [3.05, 3.63) is 34.3 Å². The molecule has 20 heavy (non-hydrogen) atoms. The summed E-state index contributed by atoms with van der Waals surface area (Å²) >= 11 is 3.44. The van der Waals surface area contributed by atoms with E-state index in [9.17, 15) is 4.79 Å². The molecular weight excluding hydrogens is 316 g/mol. The maximum absolute atomic E-state index is 12.4. The quantitative estimate of drug-likeness (QED) is 0.867. The minimum atomic E-state index is -0.241. The van der Waals surface area contributed by atoms with Gasteiger partial charge in [0.25, 0.3) is 0 Å². The van der Waals surface area contributed by atoms with E-state index < -0.39 is 0 Å². The highest BCUT2D eigenvalue weighted by Gasteiger charge is 2.50. The normalized spacial score (nSPS) is 23.6. The predicted octanol–water partition coefficient (Wildman–Crippen LogP) is 2.60. The lowest BCUT2D eigenvalue weighted by Crippen LogP contribution is -2.36. The van der Waals surface area contributed by atoms with E-state index in [2.05, 4.69) is 38.7 Å². The van der Waals surface area contributed by atoms with Gasteiger partial charge in [0, 0.05) is 11.0 Å². The number of nitrogens with one attached hydrogen (secondary N) is 2. The van der Waals surface area contributed by atoms with Crippen molar-refractivity contribution in [3.63, 3.8) is 0 Å². The minimum Gasteiger partial charge on any atom is -0.355 e. The molecular formula is C16H21BrN2O. The van der Waals surface area contributed by atoms with E-state index in [4.69, 9.17) is 0 Å². The van der Waals surface area contributed by atoms with Crippen molar-refractivity contribution in [1.29, 1.82) is 0 Å². The Balaban J connectivity index is 1.54. The van der Waals surface area contributed by atoms with Crippen molar-refractivity contribution in [3.8, 4) is 0 Å². The monoisotopic (exact) mass is 336 g/mol. The van der Waals surface area contributed by atoms with Gasteiger partial charge >= 0.3 is 0 Å². The van der Waals surface area contributed by atoms with Crippen molar-refractivity contribution >= 4 is 21.8 Å². The van der Waals surface area contributed by atoms with Gasteiger partial charge in [-0.25, -0.2) is 0 Å². The van der Waals surface area contributed by atoms with Crippen LogP contribution in [0.25, 0.3) is 0 Å². The highest BCUT2D eigenvalue weighted by Crippen LogP contribution is 2.48. The molecule has 1 saturated heterocycles. The minimum absolute atomic E-state index is 0.214. The third kappa shape index (κ3) is 2.91. The number of hydrogen-bond acceptors (Lipinski definition) is 2. The Hall–Kier alpha value is -0.870. The second-order valence-corrected chi connectivity index (χ2v) is 6.91. The summed E-state index contributed by atoms with van der Waals surface area (Å²) in [6.45, 7) is 3.04. The molecule has 2 N–H and O–H groups in total. The lowest BCUT2D eigenvalue weighted by molar-refractivity contribution is -0.123. The van der Waals surface area contributed by atoms with Gasteiger partial charge < -0.3 is 10.6 Å². The van der Waals surface area contributed by atoms with Crippen LogP contribution in [0.3, 0.4) is 0 Å². The summed E-state index contributed by atoms with van der Waals surface area (Å²) in [5.41, 5.74) is 0.912. The molecule has 108 valence electrons. The number of benzene rings is 1. The summed E-state index contributed by atoms with van der Waals surface area (Å²) in [5, 5.41) is 6.51. The van der Waals surface area contributed by atoms with Gasteiger partial charge in [-0.1, -0.05) is 28.1 Å². The smallest absolute Gasteiger partial charge is 0.230 e. The summed E-state index contributed by atoms with van der Waals surface area (Å²) in [6.07, 6.45) is 4.29. The largest absolute Gasteiger partial charge is 0.355 e. The molecule has 3 rings (SSSR count). The van der Waals surface area contributed by atoms with Crippen LogP contribution < -0.4 is 10.6 Å². The molecule has 1 heterocycles. The van der Waals surface area contributed by atoms with Crippen LogP contribution in [0.2, 0.25) is 0 Å². The van der Waals surface area contributed by atoms with E-state index in [1.54, 1.807) is 0 Å². The summed E-state index contributed by atoms with van der Waals surface area (Å²) in [5.74, 6) is 0.948. The predicted molar refractivity (Wildman–Crippen MR) is 83.7 cm³/mol. The molecule has 1 aromatic rings. The van der Waals surface area contributed by atoms with Crippen molar-refractivity contribution < 1.29 is 4.79 Å². The van der Waals surface area contributed by atoms with Crippen LogP contribution in [-0.2, 0) is 10.2 Å². The maximum Gasteiger partial charge on any atom is 0.230 e. The first kappa shape index (κ1) is 14.1. The molecule has 2 aliphatic rings. The number of amides is 1. The summed E-state index contributed by atoms with van der Waals surface area (Å²) in [6, 6.07) is 8.18. The van der Waals surface area contributed by atoms with E-state index >= 15 is 0 Å². The molecule has 0 bridgehead atoms. The van der Waals surface area contributed by atoms with Crippen molar-refractivity contribution in [2.24, 2.45) is 5.92 Å². The van der Waals surface area contributed by atoms with E-state index in [1.165, 1.54) is 6.42 Å². The van der Waals surface area contributed by atoms with Gasteiger partial charge in [-0.15, -0.1) is 0 Å². The van der Waals surface area contributed by atoms with Gasteiger partial charge in [0.1, 0.15) is 0 Å². The van der Waals surface area contributed by atoms with Crippen LogP contribution in [0.4, 0.5) is 0 Å². The zero-order valence-electron chi connectivity index (χ0n) is 11.6. The maximum atomic E-state index is 12.4. The summed E-state index contributed by atoms with van der Waals surface area (Å²) in [7, 11) is 0. The Morgan fingerprint density at radius 2 is 2.10 bits per heavy atom. The van der Waals surface area contributed by atoms with Crippen molar-refractivity contribution in [1.82, 2.24) is 10.6 Å². The second kappa shape index (κ2) is 5.86. The number of hydrogen-bond donors (Lipinski definition) is 2. The Bertz CT molecular complexity index is 476. The molecule has 1 aliphatic heterocycles. The molecule has 1 aromatic carbocycles. The van der Waals surface area contributed by atoms with Crippen LogP contribution >= 0.6 is 15.9 Å². The van der Waals surface area contributed by atoms with Gasteiger partial charge in [0.05, 0.1) is 5.41 Å². The fourth-order valence-corrected chi connectivity index (χ4v) is 3.32. The molecule has 1 saturated carbocycles. The fraction of sp³-hybridized carbons (Fsp3) is 0.562. The number of halogens is 1. The average Bonchev–Trinajstić information content (AvgIpc) is 3.10. The van der Waals surface area contributed by atoms with Crippen molar-refractivity contribution in [2.75, 3.05) is 19.6 Å². The molecule has 3 nitrogen and oxygen atoms in total. The second-order valence-electron chi connectivity index (χ2n) is 5.99. The molecule has 4 heteroatoms. The molecule has 1 amide bonds. The lowest BCUT2D eigenvalue weighted by Gasteiger charge is -2.17. The molecule has 0 aromatic heterocycles. The molecule has 1 unspecified atom stereocenters. The highest BCUT2D eigenvalue weighted by molar-refractivity contribution is 9.10. The summed E-state index contributed by atoms with van der Waals surface area (Å²) in [4.78, 5) is 12.4. The Morgan fingerprint density at radius 3 is 2.70 bits per heavy atom. The Labute approximate surface area is 128 Å². The first-order chi connectivity index (χ1) is 9.71. The molecule has 0 radical (unpaired) electrons. The van der Waals surface area contributed by atoms with Gasteiger partial charge in [-0.05, 0) is 62.4 Å². The van der Waals surface area contributed by atoms with Crippen LogP contribution in [-0.4, -0.2) is 25.5 Å². The number of rotatable bonds is 5. The third-order valence-corrected chi connectivity index (χ3v) is 5.11. The van der Waals surface area contributed by atoms with E-state index in [0.717, 1.165) is 54.9 Å². The zero-order valence-corrected chi connectivity index (χ0v) is 13.2.